The molecule has 2 heteroatoms. The van der Waals surface area contributed by atoms with Crippen LogP contribution in [0.5, 0.6) is 0 Å². The average molecular weight is 763 g/mol. The number of hydrogen-bond donors (Lipinski definition) is 0. The summed E-state index contributed by atoms with van der Waals surface area (Å²) in [6.45, 7) is 13.8. The second kappa shape index (κ2) is 13.7. The highest BCUT2D eigenvalue weighted by atomic mass is 15.2. The first-order chi connectivity index (χ1) is 28.5. The Morgan fingerprint density at radius 1 is 0.305 bits per heavy atom. The Kier molecular flexibility index (Phi) is 8.54. The highest BCUT2D eigenvalue weighted by molar-refractivity contribution is 5.97. The average Bonchev–Trinajstić information content (AvgIpc) is 3.26. The normalized spacial score (nSPS) is 14.0. The van der Waals surface area contributed by atoms with Crippen molar-refractivity contribution in [3.63, 3.8) is 0 Å². The van der Waals surface area contributed by atoms with Gasteiger partial charge in [0.15, 0.2) is 0 Å². The predicted octanol–water partition coefficient (Wildman–Crippen LogP) is 15.6. The van der Waals surface area contributed by atoms with Crippen LogP contribution in [0.2, 0.25) is 0 Å². The molecule has 0 saturated heterocycles. The van der Waals surface area contributed by atoms with Crippen LogP contribution in [-0.2, 0) is 16.2 Å². The van der Waals surface area contributed by atoms with E-state index in [9.17, 15) is 0 Å². The first-order valence-electron chi connectivity index (χ1n) is 20.9. The molecule has 288 valence electrons. The lowest BCUT2D eigenvalue weighted by molar-refractivity contribution is 0.586. The van der Waals surface area contributed by atoms with Gasteiger partial charge < -0.3 is 9.80 Å². The molecule has 0 aromatic heterocycles. The molecule has 0 bridgehead atoms. The molecule has 0 amide bonds. The molecule has 2 heterocycles. The molecule has 8 aromatic carbocycles. The maximum atomic E-state index is 2.52. The Labute approximate surface area is 350 Å². The van der Waals surface area contributed by atoms with Crippen LogP contribution in [0.3, 0.4) is 0 Å². The van der Waals surface area contributed by atoms with Crippen molar-refractivity contribution < 1.29 is 0 Å². The second-order valence-corrected chi connectivity index (χ2v) is 18.2. The van der Waals surface area contributed by atoms with E-state index in [0.717, 1.165) is 11.4 Å². The van der Waals surface area contributed by atoms with Gasteiger partial charge in [0.1, 0.15) is 0 Å². The lowest BCUT2D eigenvalue weighted by Gasteiger charge is -2.51. The van der Waals surface area contributed by atoms with Gasteiger partial charge in [0.05, 0.1) is 28.2 Å². The fourth-order valence-electron chi connectivity index (χ4n) is 9.56. The molecule has 10 rings (SSSR count). The fraction of sp³-hybridized carbons (Fsp3) is 0.158. The molecule has 0 N–H and O–H groups in total. The quantitative estimate of drug-likeness (QED) is 0.176. The molecule has 2 aliphatic heterocycles. The Bertz CT molecular complexity index is 2790. The highest BCUT2D eigenvalue weighted by Gasteiger charge is 2.52. The number of anilines is 6. The summed E-state index contributed by atoms with van der Waals surface area (Å²) in [5.74, 6) is 0. The molecule has 0 fully saturated rings. The molecule has 2 nitrogen and oxygen atoms in total. The monoisotopic (exact) mass is 762 g/mol. The zero-order valence-electron chi connectivity index (χ0n) is 34.9. The zero-order chi connectivity index (χ0) is 40.5. The van der Waals surface area contributed by atoms with Gasteiger partial charge in [0.2, 0.25) is 0 Å². The van der Waals surface area contributed by atoms with Crippen molar-refractivity contribution >= 4 is 34.1 Å². The van der Waals surface area contributed by atoms with Crippen molar-refractivity contribution in [1.82, 2.24) is 0 Å². The van der Waals surface area contributed by atoms with Gasteiger partial charge in [-0.2, -0.15) is 0 Å². The molecular weight excluding hydrogens is 713 g/mol. The first kappa shape index (κ1) is 36.7. The molecule has 8 aromatic rings. The van der Waals surface area contributed by atoms with Crippen LogP contribution in [0, 0.1) is 0 Å². The van der Waals surface area contributed by atoms with Gasteiger partial charge >= 0.3 is 0 Å². The van der Waals surface area contributed by atoms with Crippen molar-refractivity contribution in [2.45, 2.75) is 57.8 Å². The van der Waals surface area contributed by atoms with Crippen molar-refractivity contribution in [3.05, 3.63) is 228 Å². The minimum absolute atomic E-state index is 0.0581. The van der Waals surface area contributed by atoms with Crippen LogP contribution >= 0.6 is 0 Å². The number of fused-ring (bicyclic) bond motifs is 8. The summed E-state index contributed by atoms with van der Waals surface area (Å²) in [5, 5.41) is 0. The summed E-state index contributed by atoms with van der Waals surface area (Å²) >= 11 is 0. The molecule has 0 saturated carbocycles. The van der Waals surface area contributed by atoms with Gasteiger partial charge in [-0.15, -0.1) is 0 Å². The smallest absolute Gasteiger partial charge is 0.0783 e. The van der Waals surface area contributed by atoms with Crippen LogP contribution in [0.15, 0.2) is 194 Å². The van der Waals surface area contributed by atoms with Gasteiger partial charge in [0, 0.05) is 11.4 Å². The van der Waals surface area contributed by atoms with Crippen LogP contribution < -0.4 is 9.80 Å². The van der Waals surface area contributed by atoms with Crippen molar-refractivity contribution in [3.8, 4) is 22.3 Å². The van der Waals surface area contributed by atoms with E-state index in [4.69, 9.17) is 0 Å². The molecule has 0 atom stereocenters. The summed E-state index contributed by atoms with van der Waals surface area (Å²) in [6.07, 6.45) is 0. The third-order valence-electron chi connectivity index (χ3n) is 12.6. The van der Waals surface area contributed by atoms with E-state index in [1.165, 1.54) is 78.4 Å². The summed E-state index contributed by atoms with van der Waals surface area (Å²) in [7, 11) is 0. The number of benzene rings is 8. The molecular formula is C57H50N2. The first-order valence-corrected chi connectivity index (χ1v) is 20.9. The standard InChI is InChI=1S/C57H50N2/c1-55(2,3)43-31-27-41(28-32-43)42-19-16-20-46(37-42)59-53-26-15-12-23-49(53)57(50-38-44(56(4,5)6)33-36-54(50)59)47-21-10-13-24-51(47)58(52-25-14-11-22-48(52)57)45-34-29-40(30-35-45)39-17-8-7-9-18-39/h7-38H,1-6H3. The van der Waals surface area contributed by atoms with Gasteiger partial charge in [-0.3, -0.25) is 0 Å². The Hall–Kier alpha value is -6.64. The van der Waals surface area contributed by atoms with Crippen LogP contribution in [0.4, 0.5) is 34.1 Å². The van der Waals surface area contributed by atoms with Crippen molar-refractivity contribution in [2.24, 2.45) is 0 Å². The fourth-order valence-corrected chi connectivity index (χ4v) is 9.56. The molecule has 0 aliphatic carbocycles. The molecule has 0 unspecified atom stereocenters. The minimum atomic E-state index is -0.599. The number of nitrogens with zero attached hydrogens (tertiary/aromatic N) is 2. The summed E-state index contributed by atoms with van der Waals surface area (Å²) < 4.78 is 0. The molecule has 0 radical (unpaired) electrons. The summed E-state index contributed by atoms with van der Waals surface area (Å²) in [5.41, 5.74) is 19.1. The van der Waals surface area contributed by atoms with E-state index < -0.39 is 5.41 Å². The van der Waals surface area contributed by atoms with Gasteiger partial charge in [-0.1, -0.05) is 187 Å². The summed E-state index contributed by atoms with van der Waals surface area (Å²) in [4.78, 5) is 4.98. The third kappa shape index (κ3) is 5.92. The Morgan fingerprint density at radius 2 is 0.729 bits per heavy atom. The molecule has 59 heavy (non-hydrogen) atoms. The predicted molar refractivity (Wildman–Crippen MR) is 250 cm³/mol. The van der Waals surface area contributed by atoms with E-state index in [2.05, 4.69) is 245 Å². The van der Waals surface area contributed by atoms with E-state index in [0.29, 0.717) is 0 Å². The van der Waals surface area contributed by atoms with Gasteiger partial charge in [-0.25, -0.2) is 0 Å². The largest absolute Gasteiger partial charge is 0.310 e. The van der Waals surface area contributed by atoms with Crippen molar-refractivity contribution in [1.29, 1.82) is 0 Å². The number of para-hydroxylation sites is 3. The highest BCUT2D eigenvalue weighted by Crippen LogP contribution is 2.64. The van der Waals surface area contributed by atoms with E-state index in [-0.39, 0.29) is 10.8 Å². The molecule has 2 aliphatic rings. The van der Waals surface area contributed by atoms with Gasteiger partial charge in [-0.05, 0) is 115 Å². The number of hydrogen-bond acceptors (Lipinski definition) is 2. The van der Waals surface area contributed by atoms with Crippen molar-refractivity contribution in [2.75, 3.05) is 9.80 Å². The minimum Gasteiger partial charge on any atom is -0.310 e. The lowest BCUT2D eigenvalue weighted by Crippen LogP contribution is -2.42. The zero-order valence-corrected chi connectivity index (χ0v) is 34.9. The SMILES string of the molecule is CC(C)(C)c1ccc(-c2cccc(N3c4ccccc4C4(c5ccccc5N(c5ccc(-c6ccccc6)cc5)c5ccccc54)c4cc(C(C)(C)C)ccc43)c2)cc1. The second-order valence-electron chi connectivity index (χ2n) is 18.2. The van der Waals surface area contributed by atoms with Crippen LogP contribution in [0.1, 0.15) is 74.9 Å². The maximum Gasteiger partial charge on any atom is 0.0783 e. The van der Waals surface area contributed by atoms with Crippen LogP contribution in [-0.4, -0.2) is 0 Å². The number of rotatable bonds is 4. The Morgan fingerprint density at radius 3 is 1.29 bits per heavy atom. The maximum absolute atomic E-state index is 2.52. The molecule has 1 spiro atoms. The third-order valence-corrected chi connectivity index (χ3v) is 12.6. The summed E-state index contributed by atoms with van der Waals surface area (Å²) in [6, 6.07) is 72.5. The van der Waals surface area contributed by atoms with Gasteiger partial charge in [0.25, 0.3) is 0 Å². The van der Waals surface area contributed by atoms with E-state index >= 15 is 0 Å². The lowest BCUT2D eigenvalue weighted by atomic mass is 9.59. The van der Waals surface area contributed by atoms with E-state index in [1.54, 1.807) is 0 Å². The topological polar surface area (TPSA) is 6.48 Å². The van der Waals surface area contributed by atoms with Crippen LogP contribution in [0.25, 0.3) is 22.3 Å². The van der Waals surface area contributed by atoms with E-state index in [1.807, 2.05) is 0 Å². The Balaban J connectivity index is 1.21.